The van der Waals surface area contributed by atoms with Gasteiger partial charge in [0.25, 0.3) is 0 Å². The van der Waals surface area contributed by atoms with Crippen LogP contribution in [0.5, 0.6) is 0 Å². The number of hydrogen-bond acceptors (Lipinski definition) is 1. The average Bonchev–Trinajstić information content (AvgIpc) is 1.69. The van der Waals surface area contributed by atoms with Gasteiger partial charge in [0.1, 0.15) is 0 Å². The molecule has 1 nitrogen and oxygen atoms in total. The smallest absolute Gasteiger partial charge is 0.197 e. The molecule has 1 heterocycles. The maximum absolute atomic E-state index is 5.40. The van der Waals surface area contributed by atoms with Crippen molar-refractivity contribution >= 4 is 11.6 Å². The van der Waals surface area contributed by atoms with Crippen LogP contribution in [0.2, 0.25) is 0 Å². The van der Waals surface area contributed by atoms with E-state index in [-0.39, 0.29) is 5.56 Å². The van der Waals surface area contributed by atoms with Gasteiger partial charge in [0.2, 0.25) is 0 Å². The molecule has 1 radical (unpaired) electrons. The first-order valence-electron chi connectivity index (χ1n) is 1.93. The number of allylic oxidation sites excluding steroid dienone is 2. The number of hydrogen-bond donors (Lipinski definition) is 0. The summed E-state index contributed by atoms with van der Waals surface area (Å²) in [5.74, 6) is 0. The van der Waals surface area contributed by atoms with Crippen LogP contribution in [-0.2, 0) is 4.74 Å². The fourth-order valence-electron chi connectivity index (χ4n) is 0.324. The molecule has 1 unspecified atom stereocenters. The zero-order valence-corrected chi connectivity index (χ0v) is 4.35. The van der Waals surface area contributed by atoms with Crippen molar-refractivity contribution in [2.24, 2.45) is 0 Å². The van der Waals surface area contributed by atoms with Gasteiger partial charge in [0.05, 0.1) is 6.26 Å². The summed E-state index contributed by atoms with van der Waals surface area (Å²) < 4.78 is 4.72. The fourth-order valence-corrected chi connectivity index (χ4v) is 0.456. The van der Waals surface area contributed by atoms with Crippen molar-refractivity contribution in [1.82, 2.24) is 0 Å². The van der Waals surface area contributed by atoms with Crippen LogP contribution in [0.1, 0.15) is 0 Å². The van der Waals surface area contributed by atoms with E-state index in [1.165, 1.54) is 6.26 Å². The Morgan fingerprint density at radius 3 is 2.86 bits per heavy atom. The normalized spacial score (nSPS) is 27.3. The van der Waals surface area contributed by atoms with E-state index in [1.54, 1.807) is 12.2 Å². The van der Waals surface area contributed by atoms with Crippen LogP contribution in [-0.4, -0.2) is 5.56 Å². The third kappa shape index (κ3) is 1.24. The Balaban J connectivity index is 2.49. The first kappa shape index (κ1) is 4.72. The predicted molar refractivity (Wildman–Crippen MR) is 27.7 cm³/mol. The fraction of sp³-hybridized carbons (Fsp3) is 0.200. The lowest BCUT2D eigenvalue weighted by molar-refractivity contribution is 0.245. The zero-order chi connectivity index (χ0) is 5.11. The summed E-state index contributed by atoms with van der Waals surface area (Å²) >= 11 is 5.40. The van der Waals surface area contributed by atoms with Gasteiger partial charge in [0, 0.05) is 6.08 Å². The van der Waals surface area contributed by atoms with E-state index in [2.05, 4.69) is 6.08 Å². The van der Waals surface area contributed by atoms with Crippen molar-refractivity contribution < 1.29 is 4.74 Å². The average molecular weight is 116 g/mol. The van der Waals surface area contributed by atoms with Gasteiger partial charge in [-0.15, -0.1) is 0 Å². The standard InChI is InChI=1S/C5H4ClO/c6-5-3-1-2-4-7-5/h1-2,4-5H. The molecule has 0 N–H and O–H groups in total. The molecule has 0 aromatic rings. The Labute approximate surface area is 47.2 Å². The van der Waals surface area contributed by atoms with Crippen molar-refractivity contribution in [3.63, 3.8) is 0 Å². The molecule has 7 heavy (non-hydrogen) atoms. The van der Waals surface area contributed by atoms with E-state index in [4.69, 9.17) is 16.3 Å². The zero-order valence-electron chi connectivity index (χ0n) is 3.60. The van der Waals surface area contributed by atoms with Crippen LogP contribution in [0.15, 0.2) is 18.4 Å². The van der Waals surface area contributed by atoms with Gasteiger partial charge < -0.3 is 4.74 Å². The summed E-state index contributed by atoms with van der Waals surface area (Å²) in [6.45, 7) is 0. The number of rotatable bonds is 0. The molecule has 0 saturated carbocycles. The number of halogens is 1. The monoisotopic (exact) mass is 115 g/mol. The molecule has 0 bridgehead atoms. The van der Waals surface area contributed by atoms with Gasteiger partial charge in [-0.2, -0.15) is 0 Å². The maximum atomic E-state index is 5.40. The lowest BCUT2D eigenvalue weighted by Gasteiger charge is -2.03. The highest BCUT2D eigenvalue weighted by atomic mass is 35.5. The number of alkyl halides is 1. The summed E-state index contributed by atoms with van der Waals surface area (Å²) in [6.07, 6.45) is 7.71. The van der Waals surface area contributed by atoms with Crippen molar-refractivity contribution in [3.8, 4) is 0 Å². The van der Waals surface area contributed by atoms with E-state index in [9.17, 15) is 0 Å². The van der Waals surface area contributed by atoms with Crippen LogP contribution in [0.25, 0.3) is 0 Å². The highest BCUT2D eigenvalue weighted by Crippen LogP contribution is 2.03. The maximum Gasteiger partial charge on any atom is 0.197 e. The number of ether oxygens (including phenoxy) is 1. The molecular formula is C5H4ClO. The van der Waals surface area contributed by atoms with E-state index >= 15 is 0 Å². The molecule has 0 aromatic carbocycles. The Kier molecular flexibility index (Phi) is 1.37. The second kappa shape index (κ2) is 2.03. The molecule has 0 fully saturated rings. The molecule has 1 aliphatic heterocycles. The molecule has 0 saturated heterocycles. The first-order chi connectivity index (χ1) is 3.39. The van der Waals surface area contributed by atoms with Gasteiger partial charge in [-0.1, -0.05) is 17.7 Å². The lowest BCUT2D eigenvalue weighted by Crippen LogP contribution is -1.97. The van der Waals surface area contributed by atoms with Gasteiger partial charge in [-0.05, 0) is 6.08 Å². The van der Waals surface area contributed by atoms with Crippen LogP contribution in [0.3, 0.4) is 0 Å². The highest BCUT2D eigenvalue weighted by Gasteiger charge is 1.96. The Hall–Kier alpha value is -0.430. The Bertz CT molecular complexity index is 107. The molecule has 0 aromatic heterocycles. The van der Waals surface area contributed by atoms with Crippen LogP contribution in [0.4, 0.5) is 0 Å². The van der Waals surface area contributed by atoms with Crippen LogP contribution < -0.4 is 0 Å². The van der Waals surface area contributed by atoms with Crippen molar-refractivity contribution in [1.29, 1.82) is 0 Å². The van der Waals surface area contributed by atoms with Crippen LogP contribution >= 0.6 is 11.6 Å². The summed E-state index contributed by atoms with van der Waals surface area (Å²) in [4.78, 5) is 0. The minimum absolute atomic E-state index is 0.384. The first-order valence-corrected chi connectivity index (χ1v) is 2.37. The molecule has 0 spiro atoms. The van der Waals surface area contributed by atoms with Crippen molar-refractivity contribution in [3.05, 3.63) is 24.5 Å². The molecule has 37 valence electrons. The highest BCUT2D eigenvalue weighted by molar-refractivity contribution is 6.20. The quantitative estimate of drug-likeness (QED) is 0.435. The van der Waals surface area contributed by atoms with Crippen molar-refractivity contribution in [2.75, 3.05) is 0 Å². The topological polar surface area (TPSA) is 9.23 Å². The second-order valence-corrected chi connectivity index (χ2v) is 1.51. The minimum Gasteiger partial charge on any atom is -0.478 e. The molecular weight excluding hydrogens is 112 g/mol. The molecule has 1 rings (SSSR count). The van der Waals surface area contributed by atoms with Gasteiger partial charge >= 0.3 is 0 Å². The van der Waals surface area contributed by atoms with Crippen LogP contribution in [0, 0.1) is 6.08 Å². The Morgan fingerprint density at radius 2 is 2.57 bits per heavy atom. The largest absolute Gasteiger partial charge is 0.478 e. The molecule has 1 aliphatic rings. The molecule has 1 atom stereocenters. The van der Waals surface area contributed by atoms with Gasteiger partial charge in [0.15, 0.2) is 5.56 Å². The SMILES string of the molecule is ClC1[C]=CC=CO1. The van der Waals surface area contributed by atoms with Crippen molar-refractivity contribution in [2.45, 2.75) is 5.56 Å². The second-order valence-electron chi connectivity index (χ2n) is 1.11. The van der Waals surface area contributed by atoms with Gasteiger partial charge in [-0.3, -0.25) is 0 Å². The minimum atomic E-state index is -0.384. The molecule has 0 amide bonds. The molecule has 0 aliphatic carbocycles. The summed E-state index contributed by atoms with van der Waals surface area (Å²) in [5, 5.41) is 0. The van der Waals surface area contributed by atoms with E-state index < -0.39 is 0 Å². The third-order valence-corrected chi connectivity index (χ3v) is 0.829. The summed E-state index contributed by atoms with van der Waals surface area (Å²) in [6, 6.07) is 0. The van der Waals surface area contributed by atoms with E-state index in [0.29, 0.717) is 0 Å². The third-order valence-electron chi connectivity index (χ3n) is 0.600. The summed E-state index contributed by atoms with van der Waals surface area (Å²) in [7, 11) is 0. The van der Waals surface area contributed by atoms with E-state index in [1.807, 2.05) is 0 Å². The molecule has 2 heteroatoms. The predicted octanol–water partition coefficient (Wildman–Crippen LogP) is 1.45. The summed E-state index contributed by atoms with van der Waals surface area (Å²) in [5.41, 5.74) is -0.384. The Morgan fingerprint density at radius 1 is 1.71 bits per heavy atom. The lowest BCUT2D eigenvalue weighted by atomic mass is 10.4. The van der Waals surface area contributed by atoms with E-state index in [0.717, 1.165) is 0 Å². The van der Waals surface area contributed by atoms with Gasteiger partial charge in [-0.25, -0.2) is 0 Å².